The molecule has 0 aromatic heterocycles. The van der Waals surface area contributed by atoms with Crippen LogP contribution in [0.1, 0.15) is 25.3 Å². The summed E-state index contributed by atoms with van der Waals surface area (Å²) in [6.07, 6.45) is 0.857. The predicted molar refractivity (Wildman–Crippen MR) is 66.5 cm³/mol. The fourth-order valence-electron chi connectivity index (χ4n) is 1.81. The van der Waals surface area contributed by atoms with Crippen molar-refractivity contribution < 1.29 is 23.4 Å². The second-order valence-electron chi connectivity index (χ2n) is 4.33. The van der Waals surface area contributed by atoms with Gasteiger partial charge in [-0.15, -0.1) is 0 Å². The summed E-state index contributed by atoms with van der Waals surface area (Å²) in [5.41, 5.74) is 0.337. The molecule has 0 radical (unpaired) electrons. The molecule has 19 heavy (non-hydrogen) atoms. The van der Waals surface area contributed by atoms with Crippen LogP contribution in [-0.4, -0.2) is 24.3 Å². The molecule has 0 fully saturated rings. The van der Waals surface area contributed by atoms with Gasteiger partial charge >= 0.3 is 5.97 Å². The van der Waals surface area contributed by atoms with Gasteiger partial charge in [0, 0.05) is 19.1 Å². The van der Waals surface area contributed by atoms with E-state index in [0.29, 0.717) is 18.6 Å². The number of hydrogen-bond donors (Lipinski definition) is 1. The highest BCUT2D eigenvalue weighted by Gasteiger charge is 2.14. The van der Waals surface area contributed by atoms with E-state index < -0.39 is 11.6 Å². The summed E-state index contributed by atoms with van der Waals surface area (Å²) in [6, 6.07) is 3.35. The molecule has 0 aliphatic rings. The third-order valence-electron chi connectivity index (χ3n) is 2.84. The molecule has 1 aromatic carbocycles. The topological polar surface area (TPSA) is 46.5 Å². The zero-order valence-electron chi connectivity index (χ0n) is 10.9. The molecule has 106 valence electrons. The van der Waals surface area contributed by atoms with Crippen molar-refractivity contribution in [3.8, 4) is 0 Å². The number of carbonyl (C=O) groups excluding carboxylic acids is 1. The summed E-state index contributed by atoms with van der Waals surface area (Å²) in [6.45, 7) is 1.88. The summed E-state index contributed by atoms with van der Waals surface area (Å²) in [5, 5.41) is 9.23. The van der Waals surface area contributed by atoms with Gasteiger partial charge < -0.3 is 9.84 Å². The lowest BCUT2D eigenvalue weighted by Crippen LogP contribution is -2.14. The van der Waals surface area contributed by atoms with E-state index in [-0.39, 0.29) is 31.3 Å². The predicted octanol–water partition coefficient (Wildman–Crippen LogP) is 2.46. The highest BCUT2D eigenvalue weighted by molar-refractivity contribution is 5.69. The third-order valence-corrected chi connectivity index (χ3v) is 2.84. The van der Waals surface area contributed by atoms with E-state index in [2.05, 4.69) is 0 Å². The first-order valence-electron chi connectivity index (χ1n) is 6.27. The molecule has 1 unspecified atom stereocenters. The first kappa shape index (κ1) is 15.6. The number of aliphatic hydroxyl groups is 1. The number of hydrogen-bond acceptors (Lipinski definition) is 3. The molecule has 0 spiro atoms. The van der Waals surface area contributed by atoms with Crippen LogP contribution in [0.25, 0.3) is 0 Å². The molecule has 0 bridgehead atoms. The van der Waals surface area contributed by atoms with Crippen LogP contribution in [0.4, 0.5) is 8.78 Å². The minimum atomic E-state index is -0.631. The van der Waals surface area contributed by atoms with Crippen LogP contribution in [0.3, 0.4) is 0 Å². The van der Waals surface area contributed by atoms with E-state index in [1.165, 1.54) is 12.1 Å². The number of ether oxygens (including phenoxy) is 1. The lowest BCUT2D eigenvalue weighted by atomic mass is 9.95. The van der Waals surface area contributed by atoms with Crippen molar-refractivity contribution in [3.63, 3.8) is 0 Å². The Morgan fingerprint density at radius 2 is 2.16 bits per heavy atom. The SMILES string of the molecule is CCOC(=O)CCC(CO)Cc1ccc(F)cc1F. The molecule has 0 saturated carbocycles. The lowest BCUT2D eigenvalue weighted by Gasteiger charge is -2.14. The van der Waals surface area contributed by atoms with Gasteiger partial charge in [0.25, 0.3) is 0 Å². The molecule has 1 atom stereocenters. The molecule has 0 saturated heterocycles. The zero-order valence-corrected chi connectivity index (χ0v) is 10.9. The molecule has 0 aliphatic carbocycles. The van der Waals surface area contributed by atoms with Crippen molar-refractivity contribution in [1.82, 2.24) is 0 Å². The van der Waals surface area contributed by atoms with E-state index in [4.69, 9.17) is 4.74 Å². The number of rotatable bonds is 7. The summed E-state index contributed by atoms with van der Waals surface area (Å²) in [5.74, 6) is -1.84. The van der Waals surface area contributed by atoms with E-state index in [1.807, 2.05) is 0 Å². The summed E-state index contributed by atoms with van der Waals surface area (Å²) >= 11 is 0. The standard InChI is InChI=1S/C14H18F2O3/c1-2-19-14(18)6-3-10(9-17)7-11-4-5-12(15)8-13(11)16/h4-5,8,10,17H,2-3,6-7,9H2,1H3. The van der Waals surface area contributed by atoms with Gasteiger partial charge in [-0.3, -0.25) is 4.79 Å². The Morgan fingerprint density at radius 1 is 1.42 bits per heavy atom. The second kappa shape index (κ2) is 7.84. The van der Waals surface area contributed by atoms with Gasteiger partial charge in [-0.25, -0.2) is 8.78 Å². The second-order valence-corrected chi connectivity index (χ2v) is 4.33. The molecular weight excluding hydrogens is 254 g/mol. The van der Waals surface area contributed by atoms with Gasteiger partial charge in [0.15, 0.2) is 0 Å². The highest BCUT2D eigenvalue weighted by atomic mass is 19.1. The third kappa shape index (κ3) is 5.34. The van der Waals surface area contributed by atoms with Crippen molar-refractivity contribution in [2.75, 3.05) is 13.2 Å². The molecule has 5 heteroatoms. The summed E-state index contributed by atoms with van der Waals surface area (Å²) < 4.78 is 31.0. The molecule has 0 heterocycles. The van der Waals surface area contributed by atoms with Crippen molar-refractivity contribution in [2.24, 2.45) is 5.92 Å². The average Bonchev–Trinajstić information content (AvgIpc) is 2.37. The van der Waals surface area contributed by atoms with Gasteiger partial charge in [-0.05, 0) is 37.3 Å². The Balaban J connectivity index is 2.54. The molecule has 0 amide bonds. The Morgan fingerprint density at radius 3 is 2.74 bits per heavy atom. The number of esters is 1. The van der Waals surface area contributed by atoms with Crippen molar-refractivity contribution in [3.05, 3.63) is 35.4 Å². The van der Waals surface area contributed by atoms with Crippen LogP contribution < -0.4 is 0 Å². The Hall–Kier alpha value is -1.49. The van der Waals surface area contributed by atoms with Crippen molar-refractivity contribution >= 4 is 5.97 Å². The molecule has 0 aliphatic heterocycles. The maximum Gasteiger partial charge on any atom is 0.305 e. The first-order chi connectivity index (χ1) is 9.06. The maximum atomic E-state index is 13.5. The number of benzene rings is 1. The van der Waals surface area contributed by atoms with Gasteiger partial charge in [-0.2, -0.15) is 0 Å². The van der Waals surface area contributed by atoms with Crippen LogP contribution in [0.15, 0.2) is 18.2 Å². The highest BCUT2D eigenvalue weighted by Crippen LogP contribution is 2.17. The molecule has 1 rings (SSSR count). The van der Waals surface area contributed by atoms with Crippen molar-refractivity contribution in [2.45, 2.75) is 26.2 Å². The van der Waals surface area contributed by atoms with E-state index in [9.17, 15) is 18.7 Å². The molecule has 1 aromatic rings. The van der Waals surface area contributed by atoms with E-state index >= 15 is 0 Å². The van der Waals surface area contributed by atoms with E-state index in [1.54, 1.807) is 6.92 Å². The monoisotopic (exact) mass is 272 g/mol. The van der Waals surface area contributed by atoms with Crippen LogP contribution in [0, 0.1) is 17.6 Å². The minimum Gasteiger partial charge on any atom is -0.466 e. The fraction of sp³-hybridized carbons (Fsp3) is 0.500. The van der Waals surface area contributed by atoms with Crippen molar-refractivity contribution in [1.29, 1.82) is 0 Å². The normalized spacial score (nSPS) is 12.2. The largest absolute Gasteiger partial charge is 0.466 e. The smallest absolute Gasteiger partial charge is 0.305 e. The number of aliphatic hydroxyl groups excluding tert-OH is 1. The van der Waals surface area contributed by atoms with Gasteiger partial charge in [0.05, 0.1) is 6.61 Å². The summed E-state index contributed by atoms with van der Waals surface area (Å²) in [4.78, 5) is 11.2. The van der Waals surface area contributed by atoms with Crippen LogP contribution in [0.5, 0.6) is 0 Å². The molecular formula is C14H18F2O3. The number of carbonyl (C=O) groups is 1. The average molecular weight is 272 g/mol. The first-order valence-corrected chi connectivity index (χ1v) is 6.27. The van der Waals surface area contributed by atoms with Gasteiger partial charge in [0.1, 0.15) is 11.6 Å². The summed E-state index contributed by atoms with van der Waals surface area (Å²) in [7, 11) is 0. The molecule has 3 nitrogen and oxygen atoms in total. The number of halogens is 2. The zero-order chi connectivity index (χ0) is 14.3. The Kier molecular flexibility index (Phi) is 6.42. The quantitative estimate of drug-likeness (QED) is 0.776. The Bertz CT molecular complexity index is 421. The van der Waals surface area contributed by atoms with E-state index in [0.717, 1.165) is 6.07 Å². The van der Waals surface area contributed by atoms with Gasteiger partial charge in [-0.1, -0.05) is 6.07 Å². The van der Waals surface area contributed by atoms with Crippen LogP contribution in [0.2, 0.25) is 0 Å². The minimum absolute atomic E-state index is 0.157. The maximum absolute atomic E-state index is 13.5. The van der Waals surface area contributed by atoms with Crippen LogP contribution >= 0.6 is 0 Å². The van der Waals surface area contributed by atoms with Gasteiger partial charge in [0.2, 0.25) is 0 Å². The lowest BCUT2D eigenvalue weighted by molar-refractivity contribution is -0.143. The van der Waals surface area contributed by atoms with Crippen LogP contribution in [-0.2, 0) is 16.0 Å². The fourth-order valence-corrected chi connectivity index (χ4v) is 1.81. The Labute approximate surface area is 111 Å². The molecule has 1 N–H and O–H groups in total.